The molecule has 2 fully saturated rings. The average molecular weight is 970 g/mol. The molecular weight excluding hydrogens is 903 g/mol. The van der Waals surface area contributed by atoms with Gasteiger partial charge in [0.15, 0.2) is 0 Å². The van der Waals surface area contributed by atoms with Gasteiger partial charge in [-0.3, -0.25) is 24.6 Å². The van der Waals surface area contributed by atoms with Crippen LogP contribution in [0.15, 0.2) is 109 Å². The molecule has 6 amide bonds. The molecule has 17 heteroatoms. The van der Waals surface area contributed by atoms with Crippen LogP contribution in [-0.2, 0) is 54.6 Å². The molecule has 0 aromatic heterocycles. The Morgan fingerprint density at radius 1 is 0.620 bits per heavy atom. The summed E-state index contributed by atoms with van der Waals surface area (Å²) in [4.78, 5) is 81.3. The molecule has 0 unspecified atom stereocenters. The van der Waals surface area contributed by atoms with Crippen molar-refractivity contribution in [1.29, 1.82) is 10.7 Å². The number of likely N-dealkylation sites (tertiary alicyclic amines) is 2. The van der Waals surface area contributed by atoms with Gasteiger partial charge in [-0.05, 0) is 102 Å². The van der Waals surface area contributed by atoms with Gasteiger partial charge in [0.25, 0.3) is 0 Å². The van der Waals surface area contributed by atoms with Gasteiger partial charge in [0.2, 0.25) is 23.6 Å². The number of alkyl carbamates (subject to hydrolysis) is 2. The smallest absolute Gasteiger partial charge is 0.408 e. The third-order valence-corrected chi connectivity index (χ3v) is 11.5. The number of hydrogen-bond donors (Lipinski definition) is 6. The summed E-state index contributed by atoms with van der Waals surface area (Å²) in [5.41, 5.74) is 8.74. The molecule has 6 rings (SSSR count). The van der Waals surface area contributed by atoms with E-state index in [1.165, 1.54) is 0 Å². The Morgan fingerprint density at radius 3 is 1.35 bits per heavy atom. The van der Waals surface area contributed by atoms with Crippen LogP contribution in [-0.4, -0.2) is 99.9 Å². The number of nitrogens with two attached hydrogens (primary N) is 1. The second kappa shape index (κ2) is 25.2. The third kappa shape index (κ3) is 17.3. The van der Waals surface area contributed by atoms with Crippen molar-refractivity contribution in [3.63, 3.8) is 0 Å². The van der Waals surface area contributed by atoms with Crippen LogP contribution in [0.2, 0.25) is 0 Å². The Morgan fingerprint density at radius 2 is 1.00 bits per heavy atom. The number of carbonyl (C=O) groups is 6. The van der Waals surface area contributed by atoms with E-state index >= 15 is 0 Å². The van der Waals surface area contributed by atoms with E-state index in [4.69, 9.17) is 25.9 Å². The number of ether oxygens (including phenoxy) is 2. The molecule has 0 bridgehead atoms. The van der Waals surface area contributed by atoms with Crippen molar-refractivity contribution in [2.45, 2.75) is 129 Å². The average Bonchev–Trinajstić information content (AvgIpc) is 4.03. The highest BCUT2D eigenvalue weighted by Gasteiger charge is 2.40. The van der Waals surface area contributed by atoms with Gasteiger partial charge in [-0.25, -0.2) is 9.59 Å². The number of rotatable bonds is 15. The van der Waals surface area contributed by atoms with E-state index in [0.717, 1.165) is 22.3 Å². The van der Waals surface area contributed by atoms with Gasteiger partial charge in [-0.1, -0.05) is 97.1 Å². The summed E-state index contributed by atoms with van der Waals surface area (Å²) in [6, 6.07) is 32.0. The number of amidine groups is 1. The molecule has 2 saturated heterocycles. The van der Waals surface area contributed by atoms with Gasteiger partial charge in [-0.15, -0.1) is 0 Å². The molecule has 2 aliphatic rings. The lowest BCUT2D eigenvalue weighted by atomic mass is 10.0. The van der Waals surface area contributed by atoms with Crippen molar-refractivity contribution in [2.75, 3.05) is 13.1 Å². The van der Waals surface area contributed by atoms with E-state index in [2.05, 4.69) is 27.3 Å². The molecule has 71 heavy (non-hydrogen) atoms. The molecule has 4 atom stereocenters. The van der Waals surface area contributed by atoms with Crippen LogP contribution in [0.3, 0.4) is 0 Å². The van der Waals surface area contributed by atoms with Crippen molar-refractivity contribution in [2.24, 2.45) is 5.73 Å². The third-order valence-electron chi connectivity index (χ3n) is 11.5. The number of nitrogen functional groups attached to an aromatic ring is 1. The van der Waals surface area contributed by atoms with Crippen LogP contribution in [0.25, 0.3) is 0 Å². The van der Waals surface area contributed by atoms with Gasteiger partial charge in [0.1, 0.15) is 41.2 Å². The standard InChI is InChI=1S/C27H35N5O4.C27H32N4O4/c1-27(2,3)36-26(35)31-21(16-18-8-5-4-6-9-18)25(34)32-15-7-10-22(32)24(33)30-17-19-11-13-20(14-12-19)23(28)29;1-27(2,3)35-26(34)30-22(16-19-8-5-4-6-9-19)25(33)31-15-7-10-23(31)24(32)29-18-21-13-11-20(17-28)12-14-21/h4-6,8-9,11-14,21-22H,7,10,15-17H2,1-3H3,(H3,28,29)(H,30,33)(H,31,35);4-6,8-9,11-14,22-23H,7,10,15-16,18H2,1-3H3,(H,29,32)(H,30,34)/t21-,22+;22-,23+/m11/s1. The predicted octanol–water partition coefficient (Wildman–Crippen LogP) is 6.02. The number of amides is 6. The minimum absolute atomic E-state index is 0.0178. The fraction of sp³-hybridized carbons (Fsp3) is 0.407. The molecule has 0 radical (unpaired) electrons. The topological polar surface area (TPSA) is 249 Å². The zero-order valence-electron chi connectivity index (χ0n) is 41.5. The highest BCUT2D eigenvalue weighted by molar-refractivity contribution is 5.95. The second-order valence-corrected chi connectivity index (χ2v) is 19.5. The number of hydrogen-bond acceptors (Lipinski definition) is 10. The summed E-state index contributed by atoms with van der Waals surface area (Å²) in [5.74, 6) is -1.12. The van der Waals surface area contributed by atoms with E-state index < -0.39 is 47.6 Å². The highest BCUT2D eigenvalue weighted by atomic mass is 16.6. The molecule has 0 aliphatic carbocycles. The maximum atomic E-state index is 13.6. The summed E-state index contributed by atoms with van der Waals surface area (Å²) in [6.07, 6.45) is 1.72. The van der Waals surface area contributed by atoms with Crippen LogP contribution in [0.1, 0.15) is 101 Å². The van der Waals surface area contributed by atoms with Gasteiger partial charge in [0.05, 0.1) is 11.6 Å². The zero-order chi connectivity index (χ0) is 51.7. The first-order valence-corrected chi connectivity index (χ1v) is 23.9. The molecule has 4 aromatic carbocycles. The monoisotopic (exact) mass is 970 g/mol. The van der Waals surface area contributed by atoms with E-state index in [0.29, 0.717) is 63.0 Å². The molecule has 2 heterocycles. The molecule has 7 N–H and O–H groups in total. The van der Waals surface area contributed by atoms with Crippen molar-refractivity contribution in [3.05, 3.63) is 143 Å². The van der Waals surface area contributed by atoms with Crippen LogP contribution < -0.4 is 27.0 Å². The van der Waals surface area contributed by atoms with Gasteiger partial charge in [-0.2, -0.15) is 5.26 Å². The van der Waals surface area contributed by atoms with E-state index in [1.54, 1.807) is 99.9 Å². The molecule has 4 aromatic rings. The summed E-state index contributed by atoms with van der Waals surface area (Å²) >= 11 is 0. The Balaban J connectivity index is 0.000000264. The number of carbonyl (C=O) groups excluding carboxylic acids is 6. The molecule has 376 valence electrons. The number of nitrogens with zero attached hydrogens (tertiary/aromatic N) is 3. The van der Waals surface area contributed by atoms with Crippen LogP contribution in [0.5, 0.6) is 0 Å². The number of benzene rings is 4. The Kier molecular flexibility index (Phi) is 19.3. The molecule has 0 spiro atoms. The van der Waals surface area contributed by atoms with Crippen molar-refractivity contribution in [1.82, 2.24) is 31.1 Å². The summed E-state index contributed by atoms with van der Waals surface area (Å²) in [7, 11) is 0. The quantitative estimate of drug-likeness (QED) is 0.0598. The lowest BCUT2D eigenvalue weighted by Crippen LogP contribution is -2.54. The summed E-state index contributed by atoms with van der Waals surface area (Å²) < 4.78 is 10.8. The van der Waals surface area contributed by atoms with Crippen LogP contribution in [0.4, 0.5) is 9.59 Å². The number of nitriles is 1. The molecule has 0 saturated carbocycles. The zero-order valence-corrected chi connectivity index (χ0v) is 41.5. The predicted molar refractivity (Wildman–Crippen MR) is 268 cm³/mol. The maximum absolute atomic E-state index is 13.6. The molecular formula is C54H67N9O8. The van der Waals surface area contributed by atoms with Gasteiger partial charge < -0.3 is 46.3 Å². The first kappa shape index (κ1) is 54.2. The minimum Gasteiger partial charge on any atom is -0.444 e. The normalized spacial score (nSPS) is 16.2. The summed E-state index contributed by atoms with van der Waals surface area (Å²) in [5, 5.41) is 27.6. The van der Waals surface area contributed by atoms with Gasteiger partial charge in [0, 0.05) is 44.6 Å². The highest BCUT2D eigenvalue weighted by Crippen LogP contribution is 2.22. The fourth-order valence-electron chi connectivity index (χ4n) is 8.12. The van der Waals surface area contributed by atoms with E-state index in [-0.39, 0.29) is 42.3 Å². The van der Waals surface area contributed by atoms with Crippen LogP contribution >= 0.6 is 0 Å². The van der Waals surface area contributed by atoms with Crippen molar-refractivity contribution in [3.8, 4) is 6.07 Å². The molecule has 17 nitrogen and oxygen atoms in total. The van der Waals surface area contributed by atoms with Crippen LogP contribution in [0, 0.1) is 16.7 Å². The second-order valence-electron chi connectivity index (χ2n) is 19.5. The Bertz CT molecular complexity index is 2500. The lowest BCUT2D eigenvalue weighted by molar-refractivity contribution is -0.140. The van der Waals surface area contributed by atoms with Crippen molar-refractivity contribution >= 4 is 41.7 Å². The summed E-state index contributed by atoms with van der Waals surface area (Å²) in [6.45, 7) is 12.0. The largest absolute Gasteiger partial charge is 0.444 e. The van der Waals surface area contributed by atoms with Gasteiger partial charge >= 0.3 is 12.2 Å². The Hall–Kier alpha value is -7.74. The first-order valence-electron chi connectivity index (χ1n) is 23.9. The number of nitrogens with one attached hydrogen (secondary N) is 5. The fourth-order valence-corrected chi connectivity index (χ4v) is 8.12. The SMILES string of the molecule is CC(C)(C)OC(=O)N[C@H](Cc1ccccc1)C(=O)N1CCC[C@H]1C(=O)NCc1ccc(C#N)cc1.CC(C)(C)OC(=O)N[C@H](Cc1ccccc1)C(=O)N1CCC[C@H]1C(=O)NCc1ccc(C(=N)N)cc1. The minimum atomic E-state index is -0.866. The maximum Gasteiger partial charge on any atom is 0.408 e. The van der Waals surface area contributed by atoms with E-state index in [9.17, 15) is 28.8 Å². The Labute approximate surface area is 416 Å². The molecule has 2 aliphatic heterocycles. The van der Waals surface area contributed by atoms with E-state index in [1.807, 2.05) is 60.7 Å². The first-order chi connectivity index (χ1) is 33.7. The lowest BCUT2D eigenvalue weighted by Gasteiger charge is -2.29. The van der Waals surface area contributed by atoms with Crippen molar-refractivity contribution < 1.29 is 38.2 Å².